The molecule has 2 aromatic rings. The lowest BCUT2D eigenvalue weighted by molar-refractivity contribution is -0.0964. The Morgan fingerprint density at radius 3 is 2.38 bits per heavy atom. The van der Waals surface area contributed by atoms with Gasteiger partial charge in [-0.1, -0.05) is 13.8 Å². The number of hydrogen-bond acceptors (Lipinski definition) is 6. The zero-order chi connectivity index (χ0) is 24.7. The molecule has 0 unspecified atom stereocenters. The number of amides is 1. The molecule has 1 aromatic carbocycles. The van der Waals surface area contributed by atoms with E-state index in [1.165, 1.54) is 41.4 Å². The monoisotopic (exact) mass is 501 g/mol. The van der Waals surface area contributed by atoms with Crippen LogP contribution < -0.4 is 20.4 Å². The Bertz CT molecular complexity index is 1050. The van der Waals surface area contributed by atoms with E-state index in [9.17, 15) is 22.4 Å². The summed E-state index contributed by atoms with van der Waals surface area (Å²) >= 11 is 4.73. The molecule has 0 aliphatic carbocycles. The largest absolute Gasteiger partial charge is 0.497 e. The van der Waals surface area contributed by atoms with E-state index >= 15 is 0 Å². The van der Waals surface area contributed by atoms with E-state index in [4.69, 9.17) is 20.9 Å². The number of carbonyl (C=O) groups excluding carboxylic acids is 1. The molecule has 1 N–H and O–H groups in total. The summed E-state index contributed by atoms with van der Waals surface area (Å²) in [5, 5.41) is 2.61. The zero-order valence-electron chi connectivity index (χ0n) is 18.3. The first-order chi connectivity index (χ1) is 15.8. The van der Waals surface area contributed by atoms with Crippen LogP contribution in [0.2, 0.25) is 0 Å². The fourth-order valence-corrected chi connectivity index (χ4v) is 3.60. The molecule has 0 bridgehead atoms. The number of benzene rings is 1. The minimum Gasteiger partial charge on any atom is -0.420 e. The number of ether oxygens (including phenoxy) is 1. The van der Waals surface area contributed by atoms with Crippen LogP contribution >= 0.6 is 11.6 Å². The third-order valence-corrected chi connectivity index (χ3v) is 5.23. The SMILES string of the molecule is CC1(C)COB(c2cc(C(=O)Nc3ccc(OC(F)(F)Cl)cc3)cnc2N2CC(F)(F)C2)OC1. The van der Waals surface area contributed by atoms with Crippen LogP contribution in [0, 0.1) is 5.41 Å². The molecule has 0 atom stereocenters. The number of halogens is 5. The number of alkyl halides is 5. The Morgan fingerprint density at radius 1 is 1.21 bits per heavy atom. The number of anilines is 2. The molecule has 2 aliphatic rings. The van der Waals surface area contributed by atoms with Crippen molar-refractivity contribution < 1.29 is 36.4 Å². The summed E-state index contributed by atoms with van der Waals surface area (Å²) in [6.07, 6.45) is 1.27. The number of nitrogens with zero attached hydrogens (tertiary/aromatic N) is 2. The first-order valence-corrected chi connectivity index (χ1v) is 10.7. The summed E-state index contributed by atoms with van der Waals surface area (Å²) < 4.78 is 68.2. The first kappa shape index (κ1) is 24.6. The lowest BCUT2D eigenvalue weighted by atomic mass is 9.75. The normalized spacial score (nSPS) is 19.4. The lowest BCUT2D eigenvalue weighted by Gasteiger charge is -2.41. The van der Waals surface area contributed by atoms with E-state index < -0.39 is 37.6 Å². The highest BCUT2D eigenvalue weighted by molar-refractivity contribution is 6.63. The molecule has 182 valence electrons. The first-order valence-electron chi connectivity index (χ1n) is 10.3. The van der Waals surface area contributed by atoms with Gasteiger partial charge in [0.15, 0.2) is 0 Å². The Balaban J connectivity index is 1.53. The van der Waals surface area contributed by atoms with Gasteiger partial charge in [-0.05, 0) is 30.3 Å². The van der Waals surface area contributed by atoms with Gasteiger partial charge in [-0.15, -0.1) is 8.78 Å². The number of rotatable bonds is 6. The van der Waals surface area contributed by atoms with Crippen molar-refractivity contribution in [1.82, 2.24) is 4.98 Å². The van der Waals surface area contributed by atoms with Crippen molar-refractivity contribution in [3.63, 3.8) is 0 Å². The Kier molecular flexibility index (Phi) is 6.43. The van der Waals surface area contributed by atoms with Gasteiger partial charge in [-0.2, -0.15) is 0 Å². The van der Waals surface area contributed by atoms with Crippen LogP contribution in [0.1, 0.15) is 24.2 Å². The van der Waals surface area contributed by atoms with Crippen LogP contribution in [-0.4, -0.2) is 55.8 Å². The maximum atomic E-state index is 13.5. The molecule has 0 spiro atoms. The summed E-state index contributed by atoms with van der Waals surface area (Å²) in [5.41, 5.74) is -3.27. The van der Waals surface area contributed by atoms with E-state index in [-0.39, 0.29) is 22.5 Å². The van der Waals surface area contributed by atoms with Crippen molar-refractivity contribution in [1.29, 1.82) is 0 Å². The van der Waals surface area contributed by atoms with Gasteiger partial charge < -0.3 is 24.3 Å². The molecule has 34 heavy (non-hydrogen) atoms. The van der Waals surface area contributed by atoms with E-state index in [1.807, 2.05) is 13.8 Å². The standard InChI is InChI=1S/C21H21BClF4N3O4/c1-19(2)11-32-22(33-12-19)16-7-13(8-28-17(16)30-9-20(24,25)10-30)18(31)29-14-3-5-15(6-4-14)34-21(23,26)27/h3-8H,9-12H2,1-2H3,(H,29,31). The van der Waals surface area contributed by atoms with Crippen molar-refractivity contribution in [3.05, 3.63) is 42.1 Å². The van der Waals surface area contributed by atoms with Crippen molar-refractivity contribution in [2.24, 2.45) is 5.41 Å². The van der Waals surface area contributed by atoms with Crippen LogP contribution in [0.15, 0.2) is 36.5 Å². The topological polar surface area (TPSA) is 72.9 Å². The zero-order valence-corrected chi connectivity index (χ0v) is 19.0. The predicted molar refractivity (Wildman–Crippen MR) is 118 cm³/mol. The van der Waals surface area contributed by atoms with Crippen molar-refractivity contribution in [2.75, 3.05) is 36.5 Å². The van der Waals surface area contributed by atoms with Gasteiger partial charge in [0.2, 0.25) is 0 Å². The minimum atomic E-state index is -3.85. The average Bonchev–Trinajstić information content (AvgIpc) is 2.72. The van der Waals surface area contributed by atoms with Gasteiger partial charge in [0.1, 0.15) is 11.6 Å². The predicted octanol–water partition coefficient (Wildman–Crippen LogP) is 3.73. The number of hydrogen-bond donors (Lipinski definition) is 1. The number of pyridine rings is 1. The lowest BCUT2D eigenvalue weighted by Crippen LogP contribution is -2.59. The van der Waals surface area contributed by atoms with Gasteiger partial charge in [-0.3, -0.25) is 4.79 Å². The van der Waals surface area contributed by atoms with E-state index in [2.05, 4.69) is 15.0 Å². The molecule has 3 heterocycles. The average molecular weight is 502 g/mol. The Hall–Kier alpha value is -2.57. The molecule has 4 rings (SSSR count). The summed E-state index contributed by atoms with van der Waals surface area (Å²) in [4.78, 5) is 18.4. The van der Waals surface area contributed by atoms with Crippen molar-refractivity contribution >= 4 is 41.6 Å². The van der Waals surface area contributed by atoms with E-state index in [0.717, 1.165) is 0 Å². The van der Waals surface area contributed by atoms with Gasteiger partial charge >= 0.3 is 12.7 Å². The maximum Gasteiger partial charge on any atom is 0.497 e. The van der Waals surface area contributed by atoms with Gasteiger partial charge in [-0.25, -0.2) is 13.8 Å². The summed E-state index contributed by atoms with van der Waals surface area (Å²) in [6, 6.07) is 6.64. The Labute approximate surface area is 198 Å². The third-order valence-electron chi connectivity index (χ3n) is 5.15. The quantitative estimate of drug-likeness (QED) is 0.370. The van der Waals surface area contributed by atoms with E-state index in [1.54, 1.807) is 0 Å². The van der Waals surface area contributed by atoms with E-state index in [0.29, 0.717) is 24.4 Å². The maximum absolute atomic E-state index is 13.5. The van der Waals surface area contributed by atoms with Crippen LogP contribution in [-0.2, 0) is 9.31 Å². The molecule has 7 nitrogen and oxygen atoms in total. The molecule has 13 heteroatoms. The summed E-state index contributed by atoms with van der Waals surface area (Å²) in [5.74, 6) is -3.29. The number of aromatic nitrogens is 1. The van der Waals surface area contributed by atoms with Crippen molar-refractivity contribution in [2.45, 2.75) is 25.3 Å². The second-order valence-electron chi connectivity index (χ2n) is 8.99. The minimum absolute atomic E-state index is 0.135. The highest BCUT2D eigenvalue weighted by Crippen LogP contribution is 2.31. The summed E-state index contributed by atoms with van der Waals surface area (Å²) in [6.45, 7) is 3.69. The highest BCUT2D eigenvalue weighted by Gasteiger charge is 2.47. The molecule has 2 fully saturated rings. The van der Waals surface area contributed by atoms with Crippen LogP contribution in [0.3, 0.4) is 0 Å². The smallest absolute Gasteiger partial charge is 0.420 e. The molecule has 1 amide bonds. The fraction of sp³-hybridized carbons (Fsp3) is 0.429. The van der Waals surface area contributed by atoms with Crippen LogP contribution in [0.4, 0.5) is 29.1 Å². The fourth-order valence-electron chi connectivity index (χ4n) is 3.51. The number of nitrogens with one attached hydrogen (secondary N) is 1. The molecular formula is C21H21BClF4N3O4. The van der Waals surface area contributed by atoms with Gasteiger partial charge in [0, 0.05) is 47.6 Å². The van der Waals surface area contributed by atoms with Crippen LogP contribution in [0.5, 0.6) is 5.75 Å². The molecule has 0 radical (unpaired) electrons. The molecule has 0 saturated carbocycles. The van der Waals surface area contributed by atoms with Crippen molar-refractivity contribution in [3.8, 4) is 5.75 Å². The van der Waals surface area contributed by atoms with Gasteiger partial charge in [0.25, 0.3) is 11.8 Å². The molecular weight excluding hydrogens is 481 g/mol. The molecule has 2 saturated heterocycles. The second-order valence-corrected chi connectivity index (χ2v) is 9.43. The summed E-state index contributed by atoms with van der Waals surface area (Å²) in [7, 11) is -0.869. The highest BCUT2D eigenvalue weighted by atomic mass is 35.5. The van der Waals surface area contributed by atoms with Crippen LogP contribution in [0.25, 0.3) is 0 Å². The molecule has 2 aliphatic heterocycles. The third kappa shape index (κ3) is 5.91. The second kappa shape index (κ2) is 8.90. The van der Waals surface area contributed by atoms with Gasteiger partial charge in [0.05, 0.1) is 18.7 Å². The molecule has 1 aromatic heterocycles. The number of carbonyl (C=O) groups is 1. The Morgan fingerprint density at radius 2 is 1.82 bits per heavy atom.